The van der Waals surface area contributed by atoms with Crippen LogP contribution in [-0.2, 0) is 5.41 Å². The molecule has 1 aromatic heterocycles. The number of nitrogens with one attached hydrogen (secondary N) is 1. The number of hydrogen-bond donors (Lipinski definition) is 2. The first-order chi connectivity index (χ1) is 6.87. The Morgan fingerprint density at radius 3 is 2.79 bits per heavy atom. The molecule has 0 saturated carbocycles. The Kier molecular flexibility index (Phi) is 2.79. The maximum Gasteiger partial charge on any atom is 0.0440 e. The summed E-state index contributed by atoms with van der Waals surface area (Å²) in [4.78, 5) is 4.03. The van der Waals surface area contributed by atoms with Crippen molar-refractivity contribution in [3.8, 4) is 0 Å². The van der Waals surface area contributed by atoms with E-state index in [4.69, 9.17) is 5.11 Å². The average Bonchev–Trinajstić information content (AvgIpc) is 2.70. The average molecular weight is 192 g/mol. The summed E-state index contributed by atoms with van der Waals surface area (Å²) >= 11 is 0. The second-order valence-corrected chi connectivity index (χ2v) is 3.92. The molecule has 2 rings (SSSR count). The molecule has 76 valence electrons. The van der Waals surface area contributed by atoms with E-state index in [2.05, 4.69) is 22.4 Å². The second kappa shape index (κ2) is 4.07. The molecule has 1 unspecified atom stereocenters. The Bertz CT molecular complexity index is 281. The van der Waals surface area contributed by atoms with Gasteiger partial charge in [-0.05, 0) is 37.1 Å². The van der Waals surface area contributed by atoms with Crippen LogP contribution >= 0.6 is 0 Å². The molecular formula is C11H16N2O. The highest BCUT2D eigenvalue weighted by Gasteiger charge is 2.34. The summed E-state index contributed by atoms with van der Waals surface area (Å²) in [6, 6.07) is 4.12. The number of hydrogen-bond acceptors (Lipinski definition) is 3. The molecule has 0 bridgehead atoms. The minimum atomic E-state index is 0.137. The van der Waals surface area contributed by atoms with E-state index in [0.29, 0.717) is 0 Å². The first-order valence-electron chi connectivity index (χ1n) is 5.09. The second-order valence-electron chi connectivity index (χ2n) is 3.92. The highest BCUT2D eigenvalue weighted by molar-refractivity contribution is 5.25. The van der Waals surface area contributed by atoms with Crippen LogP contribution in [0.3, 0.4) is 0 Å². The van der Waals surface area contributed by atoms with Crippen molar-refractivity contribution in [2.45, 2.75) is 18.3 Å². The summed E-state index contributed by atoms with van der Waals surface area (Å²) in [6.07, 6.45) is 5.60. The summed E-state index contributed by atoms with van der Waals surface area (Å²) in [5, 5.41) is 12.5. The molecule has 2 heterocycles. The Hall–Kier alpha value is -0.930. The highest BCUT2D eigenvalue weighted by atomic mass is 16.3. The van der Waals surface area contributed by atoms with Crippen molar-refractivity contribution in [3.05, 3.63) is 30.1 Å². The van der Waals surface area contributed by atoms with Gasteiger partial charge >= 0.3 is 0 Å². The van der Waals surface area contributed by atoms with E-state index in [9.17, 15) is 0 Å². The molecule has 0 spiro atoms. The fourth-order valence-corrected chi connectivity index (χ4v) is 2.27. The van der Waals surface area contributed by atoms with Crippen LogP contribution < -0.4 is 5.32 Å². The molecule has 14 heavy (non-hydrogen) atoms. The minimum Gasteiger partial charge on any atom is -0.396 e. The summed E-state index contributed by atoms with van der Waals surface area (Å²) in [5.74, 6) is 0. The van der Waals surface area contributed by atoms with Crippen molar-refractivity contribution in [3.63, 3.8) is 0 Å². The molecule has 0 radical (unpaired) electrons. The lowest BCUT2D eigenvalue weighted by Crippen LogP contribution is -2.30. The molecular weight excluding hydrogens is 176 g/mol. The summed E-state index contributed by atoms with van der Waals surface area (Å²) in [6.45, 7) is 2.27. The third-order valence-electron chi connectivity index (χ3n) is 3.13. The molecule has 0 aromatic carbocycles. The lowest BCUT2D eigenvalue weighted by Gasteiger charge is -2.27. The Morgan fingerprint density at radius 2 is 2.21 bits per heavy atom. The van der Waals surface area contributed by atoms with Gasteiger partial charge in [0.1, 0.15) is 0 Å². The smallest absolute Gasteiger partial charge is 0.0440 e. The van der Waals surface area contributed by atoms with Gasteiger partial charge in [0.2, 0.25) is 0 Å². The minimum absolute atomic E-state index is 0.137. The first kappa shape index (κ1) is 9.62. The van der Waals surface area contributed by atoms with Gasteiger partial charge in [-0.1, -0.05) is 0 Å². The molecule has 1 saturated heterocycles. The molecule has 1 fully saturated rings. The zero-order chi connectivity index (χ0) is 9.86. The van der Waals surface area contributed by atoms with Crippen LogP contribution in [0.5, 0.6) is 0 Å². The predicted molar refractivity (Wildman–Crippen MR) is 55.1 cm³/mol. The lowest BCUT2D eigenvalue weighted by molar-refractivity contribution is 0.244. The third-order valence-corrected chi connectivity index (χ3v) is 3.13. The third kappa shape index (κ3) is 1.65. The standard InChI is InChI=1S/C11H16N2O/c14-8-4-11(3-7-13-9-11)10-1-5-12-6-2-10/h1-2,5-6,13-14H,3-4,7-9H2. The maximum atomic E-state index is 9.11. The number of nitrogens with zero attached hydrogens (tertiary/aromatic N) is 1. The highest BCUT2D eigenvalue weighted by Crippen LogP contribution is 2.33. The largest absolute Gasteiger partial charge is 0.396 e. The summed E-state index contributed by atoms with van der Waals surface area (Å²) < 4.78 is 0. The van der Waals surface area contributed by atoms with Crippen molar-refractivity contribution >= 4 is 0 Å². The quantitative estimate of drug-likeness (QED) is 0.741. The monoisotopic (exact) mass is 192 g/mol. The molecule has 2 N–H and O–H groups in total. The first-order valence-corrected chi connectivity index (χ1v) is 5.09. The van der Waals surface area contributed by atoms with Gasteiger partial charge in [0.05, 0.1) is 0 Å². The molecule has 3 nitrogen and oxygen atoms in total. The van der Waals surface area contributed by atoms with Gasteiger partial charge in [-0.15, -0.1) is 0 Å². The number of rotatable bonds is 3. The lowest BCUT2D eigenvalue weighted by atomic mass is 9.77. The van der Waals surface area contributed by atoms with E-state index < -0.39 is 0 Å². The van der Waals surface area contributed by atoms with Gasteiger partial charge in [0.15, 0.2) is 0 Å². The fraction of sp³-hybridized carbons (Fsp3) is 0.545. The number of aliphatic hydroxyl groups excluding tert-OH is 1. The summed E-state index contributed by atoms with van der Waals surface area (Å²) in [7, 11) is 0. The van der Waals surface area contributed by atoms with Crippen molar-refractivity contribution in [2.75, 3.05) is 19.7 Å². The molecule has 1 aliphatic rings. The van der Waals surface area contributed by atoms with E-state index in [1.54, 1.807) is 0 Å². The maximum absolute atomic E-state index is 9.11. The van der Waals surface area contributed by atoms with Gasteiger partial charge in [0.25, 0.3) is 0 Å². The topological polar surface area (TPSA) is 45.2 Å². The fourth-order valence-electron chi connectivity index (χ4n) is 2.27. The van der Waals surface area contributed by atoms with Crippen LogP contribution in [0, 0.1) is 0 Å². The van der Waals surface area contributed by atoms with Crippen LogP contribution in [0.1, 0.15) is 18.4 Å². The van der Waals surface area contributed by atoms with E-state index >= 15 is 0 Å². The van der Waals surface area contributed by atoms with Gasteiger partial charge in [0, 0.05) is 31.0 Å². The van der Waals surface area contributed by atoms with Crippen molar-refractivity contribution in [2.24, 2.45) is 0 Å². The molecule has 1 aliphatic heterocycles. The predicted octanol–water partition coefficient (Wildman–Crippen LogP) is 0.695. The molecule has 3 heteroatoms. The Labute approximate surface area is 84.2 Å². The van der Waals surface area contributed by atoms with Crippen LogP contribution in [0.15, 0.2) is 24.5 Å². The van der Waals surface area contributed by atoms with Crippen LogP contribution in [0.4, 0.5) is 0 Å². The van der Waals surface area contributed by atoms with E-state index in [1.807, 2.05) is 12.4 Å². The van der Waals surface area contributed by atoms with Crippen molar-refractivity contribution < 1.29 is 5.11 Å². The zero-order valence-electron chi connectivity index (χ0n) is 8.24. The van der Waals surface area contributed by atoms with Gasteiger partial charge in [-0.2, -0.15) is 0 Å². The van der Waals surface area contributed by atoms with Gasteiger partial charge < -0.3 is 10.4 Å². The van der Waals surface area contributed by atoms with Crippen molar-refractivity contribution in [1.82, 2.24) is 10.3 Å². The van der Waals surface area contributed by atoms with Crippen LogP contribution in [0.25, 0.3) is 0 Å². The number of aliphatic hydroxyl groups is 1. The SMILES string of the molecule is OCCC1(c2ccncc2)CCNC1. The normalized spacial score (nSPS) is 26.6. The molecule has 1 aromatic rings. The van der Waals surface area contributed by atoms with Crippen LogP contribution in [0.2, 0.25) is 0 Å². The number of aromatic nitrogens is 1. The Balaban J connectivity index is 2.27. The molecule has 1 atom stereocenters. The molecule has 0 amide bonds. The van der Waals surface area contributed by atoms with Gasteiger partial charge in [-0.3, -0.25) is 4.98 Å². The van der Waals surface area contributed by atoms with Crippen molar-refractivity contribution in [1.29, 1.82) is 0 Å². The number of pyridine rings is 1. The van der Waals surface area contributed by atoms with Crippen LogP contribution in [-0.4, -0.2) is 29.8 Å². The zero-order valence-corrected chi connectivity index (χ0v) is 8.24. The molecule has 0 aliphatic carbocycles. The van der Waals surface area contributed by atoms with Gasteiger partial charge in [-0.25, -0.2) is 0 Å². The van der Waals surface area contributed by atoms with E-state index in [1.165, 1.54) is 5.56 Å². The van der Waals surface area contributed by atoms with E-state index in [0.717, 1.165) is 25.9 Å². The van der Waals surface area contributed by atoms with E-state index in [-0.39, 0.29) is 12.0 Å². The Morgan fingerprint density at radius 1 is 1.43 bits per heavy atom. The summed E-state index contributed by atoms with van der Waals surface area (Å²) in [5.41, 5.74) is 1.43.